The van der Waals surface area contributed by atoms with Crippen molar-refractivity contribution in [2.75, 3.05) is 12.4 Å². The molecule has 4 rings (SSSR count). The van der Waals surface area contributed by atoms with Crippen LogP contribution in [0.25, 0.3) is 11.3 Å². The number of carbonyl (C=O) groups excluding carboxylic acids is 1. The first-order chi connectivity index (χ1) is 13.0. The van der Waals surface area contributed by atoms with Crippen molar-refractivity contribution >= 4 is 11.7 Å². The minimum absolute atomic E-state index is 0.0194. The Balaban J connectivity index is 1.83. The molecule has 0 saturated carbocycles. The number of anilines is 1. The summed E-state index contributed by atoms with van der Waals surface area (Å²) in [5, 5.41) is 12.9. The van der Waals surface area contributed by atoms with E-state index in [1.165, 1.54) is 0 Å². The molecule has 1 amide bonds. The minimum atomic E-state index is -0.367. The lowest BCUT2D eigenvalue weighted by molar-refractivity contribution is -0.116. The largest absolute Gasteiger partial charge is 0.497 e. The predicted octanol–water partition coefficient (Wildman–Crippen LogP) is 2.63. The number of fused-ring (bicyclic) bond motifs is 1. The van der Waals surface area contributed by atoms with E-state index < -0.39 is 0 Å². The lowest BCUT2D eigenvalue weighted by Gasteiger charge is -2.24. The molecule has 0 spiro atoms. The van der Waals surface area contributed by atoms with Crippen LogP contribution >= 0.6 is 0 Å². The van der Waals surface area contributed by atoms with Crippen molar-refractivity contribution in [3.63, 3.8) is 0 Å². The van der Waals surface area contributed by atoms with Crippen molar-refractivity contribution in [1.82, 2.24) is 20.0 Å². The van der Waals surface area contributed by atoms with Gasteiger partial charge in [0.25, 0.3) is 5.56 Å². The molecule has 140 valence electrons. The first kappa shape index (κ1) is 17.1. The second-order valence-electron chi connectivity index (χ2n) is 6.90. The van der Waals surface area contributed by atoms with Gasteiger partial charge in [0.15, 0.2) is 0 Å². The fourth-order valence-corrected chi connectivity index (χ4v) is 3.59. The van der Waals surface area contributed by atoms with Crippen LogP contribution in [0.1, 0.15) is 43.4 Å². The number of ether oxygens (including phenoxy) is 1. The zero-order valence-electron chi connectivity index (χ0n) is 15.4. The van der Waals surface area contributed by atoms with Gasteiger partial charge in [-0.05, 0) is 38.1 Å². The lowest BCUT2D eigenvalue weighted by Crippen LogP contribution is -2.27. The van der Waals surface area contributed by atoms with Crippen LogP contribution < -0.4 is 15.6 Å². The third kappa shape index (κ3) is 2.83. The molecule has 8 nitrogen and oxygen atoms in total. The molecule has 0 saturated heterocycles. The fraction of sp³-hybridized carbons (Fsp3) is 0.316. The van der Waals surface area contributed by atoms with Crippen molar-refractivity contribution in [3.8, 4) is 17.0 Å². The molecule has 1 atom stereocenters. The standard InChI is InChI=1S/C19H21N5O3/c1-10(2)24-18-16(19(26)23-24)13(8-15(25)21-18)14-9-20-22-17(14)11-4-6-12(27-3)7-5-11/h4-7,9-10,13H,8H2,1-3H3,(H,20,22)(H,21,25)(H,23,26). The van der Waals surface area contributed by atoms with Crippen molar-refractivity contribution in [1.29, 1.82) is 0 Å². The monoisotopic (exact) mass is 367 g/mol. The molecule has 0 radical (unpaired) electrons. The average Bonchev–Trinajstić information content (AvgIpc) is 3.26. The van der Waals surface area contributed by atoms with Crippen molar-refractivity contribution in [3.05, 3.63) is 51.9 Å². The molecule has 2 aromatic heterocycles. The van der Waals surface area contributed by atoms with Gasteiger partial charge in [-0.25, -0.2) is 0 Å². The van der Waals surface area contributed by atoms with Gasteiger partial charge >= 0.3 is 0 Å². The van der Waals surface area contributed by atoms with Gasteiger partial charge < -0.3 is 10.1 Å². The van der Waals surface area contributed by atoms with Crippen LogP contribution in [-0.4, -0.2) is 33.0 Å². The van der Waals surface area contributed by atoms with Gasteiger partial charge in [0.2, 0.25) is 5.91 Å². The summed E-state index contributed by atoms with van der Waals surface area (Å²) in [5.74, 6) is 0.805. The molecular weight excluding hydrogens is 346 g/mol. The molecular formula is C19H21N5O3. The third-order valence-electron chi connectivity index (χ3n) is 4.90. The van der Waals surface area contributed by atoms with Gasteiger partial charge in [-0.1, -0.05) is 0 Å². The highest BCUT2D eigenvalue weighted by Crippen LogP contribution is 2.39. The summed E-state index contributed by atoms with van der Waals surface area (Å²) >= 11 is 0. The highest BCUT2D eigenvalue weighted by atomic mass is 16.5. The zero-order valence-corrected chi connectivity index (χ0v) is 15.4. The number of methoxy groups -OCH3 is 1. The van der Waals surface area contributed by atoms with Crippen LogP contribution in [0, 0.1) is 0 Å². The van der Waals surface area contributed by atoms with Crippen LogP contribution in [0.15, 0.2) is 35.3 Å². The fourth-order valence-electron chi connectivity index (χ4n) is 3.59. The van der Waals surface area contributed by atoms with Gasteiger partial charge in [0, 0.05) is 29.5 Å². The number of benzene rings is 1. The summed E-state index contributed by atoms with van der Waals surface area (Å²) in [4.78, 5) is 25.0. The van der Waals surface area contributed by atoms with E-state index in [2.05, 4.69) is 20.6 Å². The van der Waals surface area contributed by atoms with Crippen molar-refractivity contribution < 1.29 is 9.53 Å². The normalized spacial score (nSPS) is 16.3. The van der Waals surface area contributed by atoms with E-state index in [0.29, 0.717) is 11.4 Å². The quantitative estimate of drug-likeness (QED) is 0.659. The Morgan fingerprint density at radius 3 is 2.63 bits per heavy atom. The van der Waals surface area contributed by atoms with Crippen LogP contribution in [0.4, 0.5) is 5.82 Å². The maximum Gasteiger partial charge on any atom is 0.270 e. The number of aromatic nitrogens is 4. The predicted molar refractivity (Wildman–Crippen MR) is 101 cm³/mol. The summed E-state index contributed by atoms with van der Waals surface area (Å²) in [6.45, 7) is 3.90. The SMILES string of the molecule is COc1ccc(-c2[nH]ncc2C2CC(=O)Nc3c2c(=O)[nH]n3C(C)C)cc1. The summed E-state index contributed by atoms with van der Waals surface area (Å²) in [7, 11) is 1.62. The number of rotatable bonds is 4. The number of hydrogen-bond donors (Lipinski definition) is 3. The first-order valence-corrected chi connectivity index (χ1v) is 8.81. The van der Waals surface area contributed by atoms with Crippen LogP contribution in [0.2, 0.25) is 0 Å². The van der Waals surface area contributed by atoms with Crippen molar-refractivity contribution in [2.24, 2.45) is 0 Å². The highest BCUT2D eigenvalue weighted by Gasteiger charge is 2.35. The molecule has 0 aliphatic carbocycles. The lowest BCUT2D eigenvalue weighted by atomic mass is 9.86. The Morgan fingerprint density at radius 1 is 1.22 bits per heavy atom. The van der Waals surface area contributed by atoms with E-state index >= 15 is 0 Å². The number of amides is 1. The zero-order chi connectivity index (χ0) is 19.1. The molecule has 1 aromatic carbocycles. The second kappa shape index (κ2) is 6.46. The van der Waals surface area contributed by atoms with Gasteiger partial charge in [0.05, 0.1) is 24.6 Å². The molecule has 27 heavy (non-hydrogen) atoms. The van der Waals surface area contributed by atoms with Crippen LogP contribution in [0.3, 0.4) is 0 Å². The number of nitrogens with zero attached hydrogens (tertiary/aromatic N) is 2. The van der Waals surface area contributed by atoms with E-state index in [1.54, 1.807) is 18.0 Å². The molecule has 1 unspecified atom stereocenters. The van der Waals surface area contributed by atoms with E-state index in [1.807, 2.05) is 38.1 Å². The summed E-state index contributed by atoms with van der Waals surface area (Å²) < 4.78 is 6.91. The Bertz CT molecular complexity index is 1040. The number of carbonyl (C=O) groups is 1. The molecule has 0 fully saturated rings. The van der Waals surface area contributed by atoms with Gasteiger partial charge in [-0.2, -0.15) is 5.10 Å². The first-order valence-electron chi connectivity index (χ1n) is 8.81. The van der Waals surface area contributed by atoms with Gasteiger partial charge in [-0.3, -0.25) is 24.5 Å². The third-order valence-corrected chi connectivity index (χ3v) is 4.90. The Hall–Kier alpha value is -3.29. The Morgan fingerprint density at radius 2 is 1.96 bits per heavy atom. The topological polar surface area (TPSA) is 105 Å². The van der Waals surface area contributed by atoms with E-state index in [0.717, 1.165) is 22.6 Å². The molecule has 3 heterocycles. The molecule has 3 aromatic rings. The van der Waals surface area contributed by atoms with E-state index in [9.17, 15) is 9.59 Å². The van der Waals surface area contributed by atoms with E-state index in [4.69, 9.17) is 4.74 Å². The minimum Gasteiger partial charge on any atom is -0.497 e. The number of H-pyrrole nitrogens is 2. The number of aromatic amines is 2. The summed E-state index contributed by atoms with van der Waals surface area (Å²) in [6.07, 6.45) is 1.89. The van der Waals surface area contributed by atoms with Crippen LogP contribution in [0.5, 0.6) is 5.75 Å². The highest BCUT2D eigenvalue weighted by molar-refractivity contribution is 5.94. The maximum atomic E-state index is 12.7. The smallest absolute Gasteiger partial charge is 0.270 e. The van der Waals surface area contributed by atoms with Crippen molar-refractivity contribution in [2.45, 2.75) is 32.2 Å². The summed E-state index contributed by atoms with van der Waals surface area (Å²) in [5.41, 5.74) is 2.91. The average molecular weight is 367 g/mol. The van der Waals surface area contributed by atoms with Gasteiger partial charge in [0.1, 0.15) is 11.6 Å². The molecule has 1 aliphatic heterocycles. The van der Waals surface area contributed by atoms with Gasteiger partial charge in [-0.15, -0.1) is 0 Å². The molecule has 8 heteroatoms. The van der Waals surface area contributed by atoms with Crippen LogP contribution in [-0.2, 0) is 4.79 Å². The summed E-state index contributed by atoms with van der Waals surface area (Å²) in [6, 6.07) is 7.58. The molecule has 0 bridgehead atoms. The Kier molecular flexibility index (Phi) is 4.10. The second-order valence-corrected chi connectivity index (χ2v) is 6.90. The number of hydrogen-bond acceptors (Lipinski definition) is 4. The van der Waals surface area contributed by atoms with E-state index in [-0.39, 0.29) is 29.8 Å². The molecule has 3 N–H and O–H groups in total. The number of nitrogens with one attached hydrogen (secondary N) is 3. The Labute approximate surface area is 155 Å². The molecule has 1 aliphatic rings. The maximum absolute atomic E-state index is 12.7.